The molecule has 2 aliphatic heterocycles. The number of rotatable bonds is 4. The molecule has 2 N–H and O–H groups in total. The summed E-state index contributed by atoms with van der Waals surface area (Å²) in [5.41, 5.74) is 4.69. The highest BCUT2D eigenvalue weighted by atomic mass is 16.6. The number of ether oxygens (including phenoxy) is 2. The molecule has 0 bridgehead atoms. The molecule has 0 saturated carbocycles. The number of esters is 1. The van der Waals surface area contributed by atoms with E-state index in [1.54, 1.807) is 25.7 Å². The summed E-state index contributed by atoms with van der Waals surface area (Å²) in [5.74, 6) is -1.77. The number of amides is 3. The van der Waals surface area contributed by atoms with E-state index in [0.717, 1.165) is 0 Å². The van der Waals surface area contributed by atoms with E-state index >= 15 is 0 Å². The lowest BCUT2D eigenvalue weighted by Gasteiger charge is -2.33. The Hall–Kier alpha value is -2.32. The SMILES string of the molecule is CC(C)(C)OC(=O)N1CCC[C@@H](C(=O)OCC(=O)N2CCC(C(N)=O)CC2)C1. The minimum atomic E-state index is -0.598. The Morgan fingerprint density at radius 3 is 2.18 bits per heavy atom. The zero-order valence-electron chi connectivity index (χ0n) is 16.9. The molecule has 0 aliphatic carbocycles. The topological polar surface area (TPSA) is 119 Å². The van der Waals surface area contributed by atoms with Crippen molar-refractivity contribution in [1.82, 2.24) is 9.80 Å². The van der Waals surface area contributed by atoms with Crippen molar-refractivity contribution in [2.24, 2.45) is 17.6 Å². The van der Waals surface area contributed by atoms with Crippen LogP contribution < -0.4 is 5.73 Å². The first kappa shape index (κ1) is 22.0. The van der Waals surface area contributed by atoms with E-state index in [1.807, 2.05) is 0 Å². The van der Waals surface area contributed by atoms with E-state index in [2.05, 4.69) is 0 Å². The van der Waals surface area contributed by atoms with E-state index in [-0.39, 0.29) is 30.9 Å². The van der Waals surface area contributed by atoms with Gasteiger partial charge in [0.25, 0.3) is 5.91 Å². The molecule has 9 nitrogen and oxygen atoms in total. The summed E-state index contributed by atoms with van der Waals surface area (Å²) in [4.78, 5) is 51.1. The van der Waals surface area contributed by atoms with Crippen LogP contribution in [0, 0.1) is 11.8 Å². The largest absolute Gasteiger partial charge is 0.455 e. The lowest BCUT2D eigenvalue weighted by Crippen LogP contribution is -2.46. The van der Waals surface area contributed by atoms with Gasteiger partial charge in [-0.05, 0) is 46.5 Å². The van der Waals surface area contributed by atoms with Crippen LogP contribution >= 0.6 is 0 Å². The molecule has 0 aromatic rings. The zero-order chi connectivity index (χ0) is 20.9. The third-order valence-electron chi connectivity index (χ3n) is 4.99. The third-order valence-corrected chi connectivity index (χ3v) is 4.99. The number of primary amides is 1. The summed E-state index contributed by atoms with van der Waals surface area (Å²) in [6.45, 7) is 6.66. The fraction of sp³-hybridized carbons (Fsp3) is 0.789. The van der Waals surface area contributed by atoms with E-state index in [1.165, 1.54) is 4.90 Å². The predicted molar refractivity (Wildman–Crippen MR) is 100.0 cm³/mol. The summed E-state index contributed by atoms with van der Waals surface area (Å²) in [5, 5.41) is 0. The maximum Gasteiger partial charge on any atom is 0.410 e. The molecule has 1 atom stereocenters. The summed E-state index contributed by atoms with van der Waals surface area (Å²) in [6, 6.07) is 0. The molecule has 3 amide bonds. The van der Waals surface area contributed by atoms with Crippen LogP contribution in [-0.4, -0.2) is 72.1 Å². The van der Waals surface area contributed by atoms with E-state index < -0.39 is 23.6 Å². The fourth-order valence-electron chi connectivity index (χ4n) is 3.42. The number of carbonyl (C=O) groups is 4. The zero-order valence-corrected chi connectivity index (χ0v) is 16.9. The van der Waals surface area contributed by atoms with Gasteiger partial charge in [-0.25, -0.2) is 4.79 Å². The van der Waals surface area contributed by atoms with Crippen molar-refractivity contribution in [3.05, 3.63) is 0 Å². The van der Waals surface area contributed by atoms with Gasteiger partial charge in [-0.15, -0.1) is 0 Å². The Bertz CT molecular complexity index is 607. The predicted octanol–water partition coefficient (Wildman–Crippen LogP) is 0.901. The molecule has 0 aromatic carbocycles. The van der Waals surface area contributed by atoms with Gasteiger partial charge in [0.15, 0.2) is 6.61 Å². The number of nitrogens with zero attached hydrogens (tertiary/aromatic N) is 2. The first-order valence-corrected chi connectivity index (χ1v) is 9.78. The molecule has 0 radical (unpaired) electrons. The number of hydrogen-bond acceptors (Lipinski definition) is 6. The number of piperidine rings is 2. The number of hydrogen-bond donors (Lipinski definition) is 1. The van der Waals surface area contributed by atoms with E-state index in [0.29, 0.717) is 45.3 Å². The van der Waals surface area contributed by atoms with Gasteiger partial charge in [-0.1, -0.05) is 0 Å². The molecule has 0 aromatic heterocycles. The van der Waals surface area contributed by atoms with Crippen molar-refractivity contribution in [2.75, 3.05) is 32.8 Å². The van der Waals surface area contributed by atoms with Gasteiger partial charge in [-0.2, -0.15) is 0 Å². The van der Waals surface area contributed by atoms with Crippen molar-refractivity contribution < 1.29 is 28.7 Å². The molecule has 2 heterocycles. The van der Waals surface area contributed by atoms with Gasteiger partial charge < -0.3 is 25.0 Å². The van der Waals surface area contributed by atoms with Crippen LogP contribution in [0.5, 0.6) is 0 Å². The first-order chi connectivity index (χ1) is 13.1. The standard InChI is InChI=1S/C19H31N3O6/c1-19(2,3)28-18(26)22-8-4-5-14(11-22)17(25)27-12-15(23)21-9-6-13(7-10-21)16(20)24/h13-14H,4-12H2,1-3H3,(H2,20,24)/t14-/m1/s1. The lowest BCUT2D eigenvalue weighted by molar-refractivity contribution is -0.157. The van der Waals surface area contributed by atoms with Gasteiger partial charge in [0.1, 0.15) is 5.60 Å². The van der Waals surface area contributed by atoms with Crippen LogP contribution in [0.25, 0.3) is 0 Å². The lowest BCUT2D eigenvalue weighted by atomic mass is 9.96. The van der Waals surface area contributed by atoms with Gasteiger partial charge in [0, 0.05) is 32.1 Å². The van der Waals surface area contributed by atoms with Gasteiger partial charge in [0.2, 0.25) is 5.91 Å². The average molecular weight is 397 g/mol. The minimum Gasteiger partial charge on any atom is -0.455 e. The molecular weight excluding hydrogens is 366 g/mol. The van der Waals surface area contributed by atoms with Crippen molar-refractivity contribution in [3.63, 3.8) is 0 Å². The van der Waals surface area contributed by atoms with E-state index in [9.17, 15) is 19.2 Å². The second-order valence-electron chi connectivity index (χ2n) is 8.43. The number of carbonyl (C=O) groups excluding carboxylic acids is 4. The van der Waals surface area contributed by atoms with Crippen LogP contribution in [0.1, 0.15) is 46.5 Å². The van der Waals surface area contributed by atoms with Gasteiger partial charge >= 0.3 is 12.1 Å². The highest BCUT2D eigenvalue weighted by Crippen LogP contribution is 2.21. The van der Waals surface area contributed by atoms with Crippen LogP contribution in [-0.2, 0) is 23.9 Å². The van der Waals surface area contributed by atoms with Gasteiger partial charge in [-0.3, -0.25) is 14.4 Å². The number of likely N-dealkylation sites (tertiary alicyclic amines) is 2. The summed E-state index contributed by atoms with van der Waals surface area (Å²) < 4.78 is 10.5. The molecule has 2 fully saturated rings. The summed E-state index contributed by atoms with van der Waals surface area (Å²) >= 11 is 0. The highest BCUT2D eigenvalue weighted by Gasteiger charge is 2.33. The molecule has 28 heavy (non-hydrogen) atoms. The normalized spacial score (nSPS) is 21.2. The average Bonchev–Trinajstić information content (AvgIpc) is 2.64. The number of nitrogens with two attached hydrogens (primary N) is 1. The second kappa shape index (κ2) is 9.25. The molecule has 2 aliphatic rings. The summed E-state index contributed by atoms with van der Waals surface area (Å²) in [6.07, 6.45) is 1.90. The molecular formula is C19H31N3O6. The van der Waals surface area contributed by atoms with Crippen LogP contribution in [0.3, 0.4) is 0 Å². The highest BCUT2D eigenvalue weighted by molar-refractivity contribution is 5.82. The summed E-state index contributed by atoms with van der Waals surface area (Å²) in [7, 11) is 0. The van der Waals surface area contributed by atoms with E-state index in [4.69, 9.17) is 15.2 Å². The van der Waals surface area contributed by atoms with Crippen molar-refractivity contribution in [3.8, 4) is 0 Å². The fourth-order valence-corrected chi connectivity index (χ4v) is 3.42. The van der Waals surface area contributed by atoms with Crippen LogP contribution in [0.4, 0.5) is 4.79 Å². The maximum absolute atomic E-state index is 12.3. The minimum absolute atomic E-state index is 0.201. The van der Waals surface area contributed by atoms with Crippen molar-refractivity contribution in [1.29, 1.82) is 0 Å². The smallest absolute Gasteiger partial charge is 0.410 e. The molecule has 2 rings (SSSR count). The Morgan fingerprint density at radius 2 is 1.61 bits per heavy atom. The third kappa shape index (κ3) is 6.38. The molecule has 0 unspecified atom stereocenters. The molecule has 158 valence electrons. The van der Waals surface area contributed by atoms with Crippen molar-refractivity contribution in [2.45, 2.75) is 52.1 Å². The quantitative estimate of drug-likeness (QED) is 0.704. The monoisotopic (exact) mass is 397 g/mol. The first-order valence-electron chi connectivity index (χ1n) is 9.78. The van der Waals surface area contributed by atoms with Crippen LogP contribution in [0.15, 0.2) is 0 Å². The Balaban J connectivity index is 1.77. The van der Waals surface area contributed by atoms with Crippen molar-refractivity contribution >= 4 is 23.9 Å². The Morgan fingerprint density at radius 1 is 0.964 bits per heavy atom. The second-order valence-corrected chi connectivity index (χ2v) is 8.43. The Labute approximate surface area is 165 Å². The molecule has 9 heteroatoms. The van der Waals surface area contributed by atoms with Crippen LogP contribution in [0.2, 0.25) is 0 Å². The maximum atomic E-state index is 12.3. The Kier molecular flexibility index (Phi) is 7.26. The van der Waals surface area contributed by atoms with Gasteiger partial charge in [0.05, 0.1) is 5.92 Å². The molecule has 0 spiro atoms. The molecule has 2 saturated heterocycles.